The highest BCUT2D eigenvalue weighted by Gasteiger charge is 2.29. The van der Waals surface area contributed by atoms with Crippen LogP contribution < -0.4 is 16.0 Å². The summed E-state index contributed by atoms with van der Waals surface area (Å²) < 4.78 is 0. The van der Waals surface area contributed by atoms with Gasteiger partial charge in [-0.15, -0.1) is 11.3 Å². The Kier molecular flexibility index (Phi) is 4.80. The van der Waals surface area contributed by atoms with Crippen LogP contribution in [0.1, 0.15) is 37.1 Å². The maximum absolute atomic E-state index is 12.0. The second-order valence-electron chi connectivity index (χ2n) is 6.00. The van der Waals surface area contributed by atoms with Crippen molar-refractivity contribution in [1.82, 2.24) is 10.3 Å². The molecular formula is C17H20N4O2S. The number of aryl methyl sites for hydroxylation is 1. The Balaban J connectivity index is 1.53. The van der Waals surface area contributed by atoms with E-state index in [1.54, 1.807) is 0 Å². The van der Waals surface area contributed by atoms with Crippen molar-refractivity contribution < 1.29 is 9.59 Å². The van der Waals surface area contributed by atoms with Gasteiger partial charge >= 0.3 is 6.03 Å². The van der Waals surface area contributed by atoms with Gasteiger partial charge in [0.1, 0.15) is 0 Å². The highest BCUT2D eigenvalue weighted by atomic mass is 32.1. The second-order valence-corrected chi connectivity index (χ2v) is 6.86. The van der Waals surface area contributed by atoms with Crippen LogP contribution in [0.2, 0.25) is 0 Å². The van der Waals surface area contributed by atoms with Gasteiger partial charge in [0.2, 0.25) is 5.91 Å². The molecule has 0 radical (unpaired) electrons. The molecule has 1 saturated carbocycles. The molecule has 1 aromatic heterocycles. The molecule has 1 aromatic carbocycles. The van der Waals surface area contributed by atoms with E-state index in [4.69, 9.17) is 0 Å². The van der Waals surface area contributed by atoms with Gasteiger partial charge < -0.3 is 10.6 Å². The molecule has 3 amide bonds. The molecule has 0 saturated heterocycles. The van der Waals surface area contributed by atoms with Crippen molar-refractivity contribution in [1.29, 1.82) is 0 Å². The molecule has 24 heavy (non-hydrogen) atoms. The molecule has 1 aliphatic carbocycles. The number of anilines is 2. The Morgan fingerprint density at radius 3 is 2.50 bits per heavy atom. The topological polar surface area (TPSA) is 83.1 Å². The zero-order valence-corrected chi connectivity index (χ0v) is 14.4. The normalized spacial score (nSPS) is 14.8. The van der Waals surface area contributed by atoms with Crippen LogP contribution in [-0.4, -0.2) is 16.9 Å². The Morgan fingerprint density at radius 2 is 1.92 bits per heavy atom. The van der Waals surface area contributed by atoms with E-state index in [1.807, 2.05) is 43.5 Å². The van der Waals surface area contributed by atoms with E-state index >= 15 is 0 Å². The maximum atomic E-state index is 12.0. The fourth-order valence-electron chi connectivity index (χ4n) is 2.27. The minimum atomic E-state index is -0.289. The van der Waals surface area contributed by atoms with E-state index in [2.05, 4.69) is 20.9 Å². The first kappa shape index (κ1) is 16.4. The standard InChI is InChI=1S/C17H20N4O2S/c1-10-9-24-17(18-10)21-16(23)19-11(2)12-5-7-14(8-6-12)20-15(22)13-3-4-13/h5-9,11,13H,3-4H2,1-2H3,(H,20,22)(H2,18,19,21,23)/t11-/m1/s1. The molecule has 1 fully saturated rings. The molecule has 1 heterocycles. The van der Waals surface area contributed by atoms with Crippen LogP contribution in [0.15, 0.2) is 29.6 Å². The summed E-state index contributed by atoms with van der Waals surface area (Å²) in [6, 6.07) is 7.08. The summed E-state index contributed by atoms with van der Waals surface area (Å²) in [7, 11) is 0. The molecule has 1 atom stereocenters. The number of amides is 3. The predicted octanol–water partition coefficient (Wildman–Crippen LogP) is 3.68. The molecule has 6 nitrogen and oxygen atoms in total. The van der Waals surface area contributed by atoms with Crippen LogP contribution in [0.3, 0.4) is 0 Å². The van der Waals surface area contributed by atoms with Gasteiger partial charge in [-0.1, -0.05) is 12.1 Å². The van der Waals surface area contributed by atoms with Crippen LogP contribution in [-0.2, 0) is 4.79 Å². The van der Waals surface area contributed by atoms with Crippen molar-refractivity contribution in [3.05, 3.63) is 40.9 Å². The van der Waals surface area contributed by atoms with Gasteiger partial charge in [-0.3, -0.25) is 10.1 Å². The van der Waals surface area contributed by atoms with Crippen LogP contribution in [0.4, 0.5) is 15.6 Å². The number of hydrogen-bond acceptors (Lipinski definition) is 4. The van der Waals surface area contributed by atoms with Crippen molar-refractivity contribution in [2.45, 2.75) is 32.7 Å². The Morgan fingerprint density at radius 1 is 1.21 bits per heavy atom. The van der Waals surface area contributed by atoms with Crippen molar-refractivity contribution >= 4 is 34.1 Å². The summed E-state index contributed by atoms with van der Waals surface area (Å²) in [5.74, 6) is 0.274. The number of urea groups is 1. The number of hydrogen-bond donors (Lipinski definition) is 3. The number of carbonyl (C=O) groups is 2. The molecule has 0 unspecified atom stereocenters. The SMILES string of the molecule is Cc1csc(NC(=O)N[C@H](C)c2ccc(NC(=O)C3CC3)cc2)n1. The van der Waals surface area contributed by atoms with Crippen molar-refractivity contribution in [2.75, 3.05) is 10.6 Å². The van der Waals surface area contributed by atoms with E-state index < -0.39 is 0 Å². The lowest BCUT2D eigenvalue weighted by atomic mass is 10.1. The molecule has 3 rings (SSSR count). The molecule has 126 valence electrons. The number of carbonyl (C=O) groups excluding carboxylic acids is 2. The van der Waals surface area contributed by atoms with Crippen molar-refractivity contribution in [3.63, 3.8) is 0 Å². The average Bonchev–Trinajstić information content (AvgIpc) is 3.32. The third-order valence-corrected chi connectivity index (χ3v) is 4.69. The van der Waals surface area contributed by atoms with Crippen LogP contribution in [0.5, 0.6) is 0 Å². The summed E-state index contributed by atoms with van der Waals surface area (Å²) in [4.78, 5) is 27.9. The van der Waals surface area contributed by atoms with E-state index in [9.17, 15) is 9.59 Å². The maximum Gasteiger partial charge on any atom is 0.321 e. The molecule has 0 bridgehead atoms. The third-order valence-electron chi connectivity index (χ3n) is 3.81. The lowest BCUT2D eigenvalue weighted by Gasteiger charge is -2.15. The Hall–Kier alpha value is -2.41. The minimum Gasteiger partial charge on any atom is -0.331 e. The molecule has 2 aromatic rings. The zero-order valence-electron chi connectivity index (χ0n) is 13.6. The van der Waals surface area contributed by atoms with Gasteiger partial charge in [0, 0.05) is 17.0 Å². The van der Waals surface area contributed by atoms with Crippen LogP contribution in [0.25, 0.3) is 0 Å². The molecule has 7 heteroatoms. The second kappa shape index (κ2) is 7.00. The highest BCUT2D eigenvalue weighted by molar-refractivity contribution is 7.13. The van der Waals surface area contributed by atoms with Gasteiger partial charge in [0.25, 0.3) is 0 Å². The molecule has 0 spiro atoms. The molecular weight excluding hydrogens is 324 g/mol. The van der Waals surface area contributed by atoms with E-state index in [0.29, 0.717) is 5.13 Å². The smallest absolute Gasteiger partial charge is 0.321 e. The predicted molar refractivity (Wildman–Crippen MR) is 95.2 cm³/mol. The van der Waals surface area contributed by atoms with Crippen molar-refractivity contribution in [3.8, 4) is 0 Å². The number of nitrogens with one attached hydrogen (secondary N) is 3. The number of nitrogens with zero attached hydrogens (tertiary/aromatic N) is 1. The minimum absolute atomic E-state index is 0.0899. The van der Waals surface area contributed by atoms with Gasteiger partial charge in [-0.2, -0.15) is 0 Å². The number of aromatic nitrogens is 1. The monoisotopic (exact) mass is 344 g/mol. The fourth-order valence-corrected chi connectivity index (χ4v) is 2.95. The van der Waals surface area contributed by atoms with Gasteiger partial charge in [0.05, 0.1) is 11.7 Å². The van der Waals surface area contributed by atoms with E-state index in [0.717, 1.165) is 29.8 Å². The molecule has 1 aliphatic rings. The Bertz CT molecular complexity index is 737. The van der Waals surface area contributed by atoms with E-state index in [1.165, 1.54) is 11.3 Å². The lowest BCUT2D eigenvalue weighted by Crippen LogP contribution is -2.31. The number of benzene rings is 1. The average molecular weight is 344 g/mol. The zero-order chi connectivity index (χ0) is 17.1. The van der Waals surface area contributed by atoms with Gasteiger partial charge in [-0.25, -0.2) is 9.78 Å². The summed E-state index contributed by atoms with van der Waals surface area (Å²) in [5.41, 5.74) is 2.63. The summed E-state index contributed by atoms with van der Waals surface area (Å²) in [6.45, 7) is 3.79. The summed E-state index contributed by atoms with van der Waals surface area (Å²) in [5, 5.41) is 11.0. The van der Waals surface area contributed by atoms with Gasteiger partial charge in [0.15, 0.2) is 5.13 Å². The first-order chi connectivity index (χ1) is 11.5. The quantitative estimate of drug-likeness (QED) is 0.773. The lowest BCUT2D eigenvalue weighted by molar-refractivity contribution is -0.117. The summed E-state index contributed by atoms with van der Waals surface area (Å²) in [6.07, 6.45) is 1.97. The highest BCUT2D eigenvalue weighted by Crippen LogP contribution is 2.30. The molecule has 3 N–H and O–H groups in total. The third kappa shape index (κ3) is 4.32. The molecule has 0 aliphatic heterocycles. The summed E-state index contributed by atoms with van der Waals surface area (Å²) >= 11 is 1.39. The Labute approximate surface area is 144 Å². The number of rotatable bonds is 5. The first-order valence-electron chi connectivity index (χ1n) is 7.92. The van der Waals surface area contributed by atoms with Crippen molar-refractivity contribution in [2.24, 2.45) is 5.92 Å². The largest absolute Gasteiger partial charge is 0.331 e. The first-order valence-corrected chi connectivity index (χ1v) is 8.79. The van der Waals surface area contributed by atoms with Crippen LogP contribution >= 0.6 is 11.3 Å². The fraction of sp³-hybridized carbons (Fsp3) is 0.353. The van der Waals surface area contributed by atoms with Crippen LogP contribution in [0, 0.1) is 12.8 Å². The van der Waals surface area contributed by atoms with Gasteiger partial charge in [-0.05, 0) is 44.4 Å². The van der Waals surface area contributed by atoms with E-state index in [-0.39, 0.29) is 23.9 Å². The number of thiazole rings is 1.